The maximum absolute atomic E-state index is 11.2. The number of rotatable bonds is 6. The van der Waals surface area contributed by atoms with Crippen LogP contribution >= 0.6 is 0 Å². The summed E-state index contributed by atoms with van der Waals surface area (Å²) in [7, 11) is 0. The minimum absolute atomic E-state index is 0.377. The lowest BCUT2D eigenvalue weighted by Crippen LogP contribution is -2.26. The normalized spacial score (nSPS) is 23.2. The van der Waals surface area contributed by atoms with E-state index < -0.39 is 11.9 Å². The molecule has 21 heavy (non-hydrogen) atoms. The van der Waals surface area contributed by atoms with Crippen molar-refractivity contribution in [2.75, 3.05) is 6.61 Å². The van der Waals surface area contributed by atoms with Gasteiger partial charge in [-0.15, -0.1) is 0 Å². The first-order chi connectivity index (χ1) is 9.79. The maximum Gasteiger partial charge on any atom is 0.331 e. The largest absolute Gasteiger partial charge is 0.478 e. The minimum Gasteiger partial charge on any atom is -0.478 e. The average Bonchev–Trinajstić information content (AvgIpc) is 2.41. The first-order valence-electron chi connectivity index (χ1n) is 7.87. The van der Waals surface area contributed by atoms with Gasteiger partial charge in [0.25, 0.3) is 0 Å². The minimum atomic E-state index is -1.14. The molecule has 1 fully saturated rings. The van der Waals surface area contributed by atoms with Crippen molar-refractivity contribution in [2.45, 2.75) is 59.3 Å². The molecule has 1 aliphatic carbocycles. The summed E-state index contributed by atoms with van der Waals surface area (Å²) < 4.78 is 4.97. The van der Waals surface area contributed by atoms with E-state index in [4.69, 9.17) is 9.84 Å². The summed E-state index contributed by atoms with van der Waals surface area (Å²) >= 11 is 0. The number of carbonyl (C=O) groups excluding carboxylic acids is 1. The Kier molecular flexibility index (Phi) is 6.93. The highest BCUT2D eigenvalue weighted by molar-refractivity contribution is 5.90. The molecule has 1 N–H and O–H groups in total. The smallest absolute Gasteiger partial charge is 0.331 e. The quantitative estimate of drug-likeness (QED) is 0.460. The van der Waals surface area contributed by atoms with Crippen molar-refractivity contribution in [3.63, 3.8) is 0 Å². The number of carboxylic acids is 1. The molecule has 0 aromatic rings. The molecule has 0 bridgehead atoms. The van der Waals surface area contributed by atoms with E-state index >= 15 is 0 Å². The van der Waals surface area contributed by atoms with Gasteiger partial charge in [0.1, 0.15) is 0 Å². The Morgan fingerprint density at radius 2 is 1.76 bits per heavy atom. The lowest BCUT2D eigenvalue weighted by Gasteiger charge is -2.37. The third-order valence-electron chi connectivity index (χ3n) is 4.43. The van der Waals surface area contributed by atoms with Gasteiger partial charge in [-0.1, -0.05) is 33.6 Å². The fraction of sp³-hybridized carbons (Fsp3) is 0.765. The molecule has 0 aliphatic heterocycles. The number of hydrogen-bond donors (Lipinski definition) is 1. The van der Waals surface area contributed by atoms with E-state index in [1.807, 2.05) is 0 Å². The van der Waals surface area contributed by atoms with Gasteiger partial charge in [0.15, 0.2) is 0 Å². The number of carboxylic acid groups (broad SMARTS) is 1. The molecule has 0 amide bonds. The van der Waals surface area contributed by atoms with Crippen LogP contribution in [-0.4, -0.2) is 23.7 Å². The van der Waals surface area contributed by atoms with Crippen molar-refractivity contribution >= 4 is 11.9 Å². The highest BCUT2D eigenvalue weighted by Crippen LogP contribution is 2.40. The third kappa shape index (κ3) is 7.30. The van der Waals surface area contributed by atoms with E-state index in [1.165, 1.54) is 25.7 Å². The second kappa shape index (κ2) is 8.20. The van der Waals surface area contributed by atoms with Crippen molar-refractivity contribution in [1.29, 1.82) is 0 Å². The van der Waals surface area contributed by atoms with Crippen LogP contribution in [0.15, 0.2) is 12.2 Å². The molecule has 0 heterocycles. The first-order valence-corrected chi connectivity index (χ1v) is 7.87. The number of aliphatic carboxylic acids is 1. The molecule has 1 aliphatic rings. The van der Waals surface area contributed by atoms with E-state index in [0.717, 1.165) is 36.8 Å². The van der Waals surface area contributed by atoms with Gasteiger partial charge in [-0.2, -0.15) is 0 Å². The predicted molar refractivity (Wildman–Crippen MR) is 81.9 cm³/mol. The number of hydrogen-bond acceptors (Lipinski definition) is 3. The van der Waals surface area contributed by atoms with Crippen LogP contribution in [-0.2, 0) is 14.3 Å². The molecule has 4 heteroatoms. The van der Waals surface area contributed by atoms with Gasteiger partial charge in [-0.25, -0.2) is 9.59 Å². The lowest BCUT2D eigenvalue weighted by atomic mass is 9.69. The summed E-state index contributed by atoms with van der Waals surface area (Å²) in [5.74, 6) is -0.138. The number of esters is 1. The zero-order valence-corrected chi connectivity index (χ0v) is 13.4. The lowest BCUT2D eigenvalue weighted by molar-refractivity contribution is -0.138. The van der Waals surface area contributed by atoms with E-state index in [2.05, 4.69) is 20.8 Å². The molecule has 0 atom stereocenters. The van der Waals surface area contributed by atoms with E-state index in [1.54, 1.807) is 0 Å². The van der Waals surface area contributed by atoms with Crippen LogP contribution in [0, 0.1) is 17.3 Å². The Hall–Kier alpha value is -1.32. The topological polar surface area (TPSA) is 63.6 Å². The molecule has 0 unspecified atom stereocenters. The van der Waals surface area contributed by atoms with Crippen LogP contribution in [0.25, 0.3) is 0 Å². The van der Waals surface area contributed by atoms with Crippen molar-refractivity contribution in [3.05, 3.63) is 12.2 Å². The van der Waals surface area contributed by atoms with E-state index in [-0.39, 0.29) is 0 Å². The summed E-state index contributed by atoms with van der Waals surface area (Å²) in [4.78, 5) is 21.4. The second-order valence-corrected chi connectivity index (χ2v) is 7.06. The van der Waals surface area contributed by atoms with Crippen LogP contribution in [0.2, 0.25) is 0 Å². The zero-order chi connectivity index (χ0) is 15.9. The Balaban J connectivity index is 2.12. The van der Waals surface area contributed by atoms with Crippen molar-refractivity contribution in [3.8, 4) is 0 Å². The van der Waals surface area contributed by atoms with Gasteiger partial charge in [-0.3, -0.25) is 0 Å². The van der Waals surface area contributed by atoms with Crippen LogP contribution in [0.4, 0.5) is 0 Å². The molecule has 4 nitrogen and oxygen atoms in total. The SMILES string of the molecule is CC(C)(C)C1CCC(CCCOC(=O)/C=C/C(=O)O)CC1. The predicted octanol–water partition coefficient (Wildman–Crippen LogP) is 3.80. The summed E-state index contributed by atoms with van der Waals surface area (Å²) in [6.45, 7) is 7.34. The summed E-state index contributed by atoms with van der Waals surface area (Å²) in [5.41, 5.74) is 0.414. The van der Waals surface area contributed by atoms with Crippen LogP contribution in [0.1, 0.15) is 59.3 Å². The molecule has 120 valence electrons. The average molecular weight is 296 g/mol. The molecule has 1 rings (SSSR count). The summed E-state index contributed by atoms with van der Waals surface area (Å²) in [6.07, 6.45) is 8.85. The molecular weight excluding hydrogens is 268 g/mol. The summed E-state index contributed by atoms with van der Waals surface area (Å²) in [5, 5.41) is 8.39. The fourth-order valence-corrected chi connectivity index (χ4v) is 3.05. The van der Waals surface area contributed by atoms with Gasteiger partial charge in [0.2, 0.25) is 0 Å². The molecule has 0 spiro atoms. The Bertz CT molecular complexity index is 371. The van der Waals surface area contributed by atoms with Gasteiger partial charge < -0.3 is 9.84 Å². The molecular formula is C17H28O4. The Morgan fingerprint density at radius 1 is 1.14 bits per heavy atom. The standard InChI is InChI=1S/C17H28O4/c1-17(2,3)14-8-6-13(7-9-14)5-4-12-21-16(20)11-10-15(18)19/h10-11,13-14H,4-9,12H2,1-3H3,(H,18,19)/b11-10+. The van der Waals surface area contributed by atoms with E-state index in [0.29, 0.717) is 12.0 Å². The molecule has 0 saturated heterocycles. The van der Waals surface area contributed by atoms with Crippen molar-refractivity contribution in [2.24, 2.45) is 17.3 Å². The Labute approximate surface area is 127 Å². The van der Waals surface area contributed by atoms with Crippen molar-refractivity contribution < 1.29 is 19.4 Å². The van der Waals surface area contributed by atoms with Crippen molar-refractivity contribution in [1.82, 2.24) is 0 Å². The van der Waals surface area contributed by atoms with Gasteiger partial charge in [0, 0.05) is 12.2 Å². The molecule has 0 aromatic heterocycles. The van der Waals surface area contributed by atoms with Gasteiger partial charge in [0.05, 0.1) is 6.61 Å². The van der Waals surface area contributed by atoms with Gasteiger partial charge >= 0.3 is 11.9 Å². The zero-order valence-electron chi connectivity index (χ0n) is 13.4. The number of ether oxygens (including phenoxy) is 1. The van der Waals surface area contributed by atoms with Crippen LogP contribution < -0.4 is 0 Å². The third-order valence-corrected chi connectivity index (χ3v) is 4.43. The van der Waals surface area contributed by atoms with Crippen LogP contribution in [0.3, 0.4) is 0 Å². The van der Waals surface area contributed by atoms with Gasteiger partial charge in [-0.05, 0) is 42.9 Å². The Morgan fingerprint density at radius 3 is 2.29 bits per heavy atom. The first kappa shape index (κ1) is 17.7. The highest BCUT2D eigenvalue weighted by Gasteiger charge is 2.29. The molecule has 0 aromatic carbocycles. The molecule has 0 radical (unpaired) electrons. The fourth-order valence-electron chi connectivity index (χ4n) is 3.05. The number of carbonyl (C=O) groups is 2. The summed E-state index contributed by atoms with van der Waals surface area (Å²) in [6, 6.07) is 0. The second-order valence-electron chi connectivity index (χ2n) is 7.06. The van der Waals surface area contributed by atoms with E-state index in [9.17, 15) is 9.59 Å². The molecule has 1 saturated carbocycles. The highest BCUT2D eigenvalue weighted by atomic mass is 16.5. The van der Waals surface area contributed by atoms with Crippen LogP contribution in [0.5, 0.6) is 0 Å². The monoisotopic (exact) mass is 296 g/mol. The maximum atomic E-state index is 11.2.